The van der Waals surface area contributed by atoms with Crippen molar-refractivity contribution in [2.75, 3.05) is 56.7 Å². The number of nitrogens with zero attached hydrogens (tertiary/aromatic N) is 2. The van der Waals surface area contributed by atoms with Gasteiger partial charge in [0.2, 0.25) is 5.91 Å². The molecule has 0 saturated carbocycles. The number of likely N-dealkylation sites (tertiary alicyclic amines) is 1. The number of anilines is 2. The van der Waals surface area contributed by atoms with E-state index in [4.69, 9.17) is 9.47 Å². The number of hydrogen-bond donors (Lipinski definition) is 1. The number of nitrogens with one attached hydrogen (secondary N) is 1. The summed E-state index contributed by atoms with van der Waals surface area (Å²) in [5.74, 6) is -1.13. The van der Waals surface area contributed by atoms with Gasteiger partial charge in [-0.1, -0.05) is 17.7 Å². The summed E-state index contributed by atoms with van der Waals surface area (Å²) in [6.07, 6.45) is 1.43. The van der Waals surface area contributed by atoms with Crippen LogP contribution in [0.3, 0.4) is 0 Å². The van der Waals surface area contributed by atoms with Crippen LogP contribution >= 0.6 is 0 Å². The Hall–Kier alpha value is -3.39. The summed E-state index contributed by atoms with van der Waals surface area (Å²) >= 11 is 0. The van der Waals surface area contributed by atoms with Gasteiger partial charge < -0.3 is 24.6 Å². The molecular formula is C26H31N3O5. The van der Waals surface area contributed by atoms with Crippen LogP contribution in [-0.2, 0) is 14.3 Å². The molecule has 0 radical (unpaired) electrons. The molecule has 1 unspecified atom stereocenters. The number of carbonyl (C=O) groups excluding carboxylic acids is 3. The van der Waals surface area contributed by atoms with E-state index in [1.54, 1.807) is 17.0 Å². The number of piperidine rings is 1. The number of carbonyl (C=O) groups is 3. The van der Waals surface area contributed by atoms with E-state index in [1.807, 2.05) is 37.3 Å². The number of methoxy groups -OCH3 is 1. The maximum absolute atomic E-state index is 13.1. The third kappa shape index (κ3) is 5.39. The van der Waals surface area contributed by atoms with Crippen molar-refractivity contribution in [2.45, 2.75) is 19.8 Å². The van der Waals surface area contributed by atoms with Crippen molar-refractivity contribution in [3.05, 3.63) is 59.2 Å². The third-order valence-corrected chi connectivity index (χ3v) is 6.42. The average Bonchev–Trinajstić information content (AvgIpc) is 2.89. The van der Waals surface area contributed by atoms with Crippen LogP contribution in [0.2, 0.25) is 0 Å². The third-order valence-electron chi connectivity index (χ3n) is 6.42. The predicted molar refractivity (Wildman–Crippen MR) is 129 cm³/mol. The summed E-state index contributed by atoms with van der Waals surface area (Å²) in [4.78, 5) is 42.4. The molecule has 1 N–H and O–H groups in total. The molecule has 2 saturated heterocycles. The van der Waals surface area contributed by atoms with E-state index in [1.165, 1.54) is 7.11 Å². The zero-order valence-corrected chi connectivity index (χ0v) is 19.7. The molecule has 2 aromatic rings. The molecule has 34 heavy (non-hydrogen) atoms. The van der Waals surface area contributed by atoms with Gasteiger partial charge in [-0.3, -0.25) is 9.59 Å². The number of benzene rings is 2. The van der Waals surface area contributed by atoms with Gasteiger partial charge in [0.25, 0.3) is 5.91 Å². The largest absolute Gasteiger partial charge is 0.465 e. The van der Waals surface area contributed by atoms with Crippen molar-refractivity contribution in [2.24, 2.45) is 5.92 Å². The molecule has 2 heterocycles. The number of morpholine rings is 1. The van der Waals surface area contributed by atoms with E-state index in [0.717, 1.165) is 30.8 Å². The summed E-state index contributed by atoms with van der Waals surface area (Å²) in [7, 11) is 1.32. The van der Waals surface area contributed by atoms with Gasteiger partial charge in [-0.05, 0) is 50.1 Å². The number of hydrogen-bond acceptors (Lipinski definition) is 6. The average molecular weight is 466 g/mol. The monoisotopic (exact) mass is 465 g/mol. The first-order chi connectivity index (χ1) is 16.5. The molecule has 2 aliphatic rings. The van der Waals surface area contributed by atoms with Crippen molar-refractivity contribution in [3.63, 3.8) is 0 Å². The van der Waals surface area contributed by atoms with Crippen molar-refractivity contribution in [1.29, 1.82) is 0 Å². The maximum Gasteiger partial charge on any atom is 0.340 e. The second-order valence-corrected chi connectivity index (χ2v) is 8.77. The zero-order valence-electron chi connectivity index (χ0n) is 19.7. The van der Waals surface area contributed by atoms with Crippen LogP contribution in [0.25, 0.3) is 0 Å². The van der Waals surface area contributed by atoms with E-state index in [-0.39, 0.29) is 17.7 Å². The standard InChI is InChI=1S/C26H31N3O5/c1-18-5-7-19(8-6-18)25(31)29-11-3-4-20(17-29)24(30)27-23-10-9-21(16-22(23)26(32)33-2)28-12-14-34-15-13-28/h5-10,16,20H,3-4,11-15,17H2,1-2H3,(H,27,30). The van der Waals surface area contributed by atoms with Gasteiger partial charge in [0.1, 0.15) is 0 Å². The fourth-order valence-electron chi connectivity index (χ4n) is 4.43. The molecule has 0 bridgehead atoms. The van der Waals surface area contributed by atoms with Crippen LogP contribution in [0, 0.1) is 12.8 Å². The molecular weight excluding hydrogens is 434 g/mol. The lowest BCUT2D eigenvalue weighted by molar-refractivity contribution is -0.121. The van der Waals surface area contributed by atoms with E-state index >= 15 is 0 Å². The SMILES string of the molecule is COC(=O)c1cc(N2CCOCC2)ccc1NC(=O)C1CCCN(C(=O)c2ccc(C)cc2)C1. The van der Waals surface area contributed by atoms with Crippen LogP contribution in [-0.4, -0.2) is 69.2 Å². The fourth-order valence-corrected chi connectivity index (χ4v) is 4.43. The van der Waals surface area contributed by atoms with Gasteiger partial charge >= 0.3 is 5.97 Å². The maximum atomic E-state index is 13.1. The summed E-state index contributed by atoms with van der Waals surface area (Å²) in [6, 6.07) is 12.8. The van der Waals surface area contributed by atoms with Crippen LogP contribution in [0.15, 0.2) is 42.5 Å². The highest BCUT2D eigenvalue weighted by molar-refractivity contribution is 6.03. The van der Waals surface area contributed by atoms with Crippen LogP contribution in [0.4, 0.5) is 11.4 Å². The lowest BCUT2D eigenvalue weighted by Crippen LogP contribution is -2.43. The minimum Gasteiger partial charge on any atom is -0.465 e. The highest BCUT2D eigenvalue weighted by Crippen LogP contribution is 2.27. The smallest absolute Gasteiger partial charge is 0.340 e. The fraction of sp³-hybridized carbons (Fsp3) is 0.423. The second-order valence-electron chi connectivity index (χ2n) is 8.77. The van der Waals surface area contributed by atoms with Crippen LogP contribution in [0.1, 0.15) is 39.1 Å². The Bertz CT molecular complexity index is 1050. The van der Waals surface area contributed by atoms with Crippen molar-refractivity contribution >= 4 is 29.2 Å². The lowest BCUT2D eigenvalue weighted by atomic mass is 9.96. The normalized spacial score (nSPS) is 18.4. The summed E-state index contributed by atoms with van der Waals surface area (Å²) in [6.45, 7) is 5.68. The van der Waals surface area contributed by atoms with Gasteiger partial charge in [-0.25, -0.2) is 4.79 Å². The molecule has 1 atom stereocenters. The number of amides is 2. The molecule has 0 spiro atoms. The highest BCUT2D eigenvalue weighted by atomic mass is 16.5. The van der Waals surface area contributed by atoms with Gasteiger partial charge in [0, 0.05) is 37.4 Å². The van der Waals surface area contributed by atoms with E-state index < -0.39 is 5.97 Å². The quantitative estimate of drug-likeness (QED) is 0.683. The Morgan fingerprint density at radius 2 is 1.76 bits per heavy atom. The summed E-state index contributed by atoms with van der Waals surface area (Å²) < 4.78 is 10.4. The first kappa shape index (κ1) is 23.8. The second kappa shape index (κ2) is 10.7. The Morgan fingerprint density at radius 3 is 2.47 bits per heavy atom. The molecule has 8 nitrogen and oxygen atoms in total. The Morgan fingerprint density at radius 1 is 1.03 bits per heavy atom. The number of aryl methyl sites for hydroxylation is 1. The first-order valence-corrected chi connectivity index (χ1v) is 11.7. The van der Waals surface area contributed by atoms with Crippen molar-refractivity contribution in [3.8, 4) is 0 Å². The van der Waals surface area contributed by atoms with E-state index in [0.29, 0.717) is 49.5 Å². The minimum atomic E-state index is -0.509. The van der Waals surface area contributed by atoms with E-state index in [9.17, 15) is 14.4 Å². The first-order valence-electron chi connectivity index (χ1n) is 11.7. The van der Waals surface area contributed by atoms with Gasteiger partial charge in [0.05, 0.1) is 37.5 Å². The summed E-state index contributed by atoms with van der Waals surface area (Å²) in [5.41, 5.74) is 3.32. The van der Waals surface area contributed by atoms with Gasteiger partial charge in [-0.15, -0.1) is 0 Å². The number of ether oxygens (including phenoxy) is 2. The molecule has 0 aromatic heterocycles. The minimum absolute atomic E-state index is 0.0670. The molecule has 180 valence electrons. The van der Waals surface area contributed by atoms with Gasteiger partial charge in [0.15, 0.2) is 0 Å². The molecule has 4 rings (SSSR count). The van der Waals surface area contributed by atoms with Crippen LogP contribution in [0.5, 0.6) is 0 Å². The molecule has 2 aliphatic heterocycles. The number of rotatable bonds is 5. The Balaban J connectivity index is 1.47. The summed E-state index contributed by atoms with van der Waals surface area (Å²) in [5, 5.41) is 2.91. The van der Waals surface area contributed by atoms with Gasteiger partial charge in [-0.2, -0.15) is 0 Å². The van der Waals surface area contributed by atoms with Crippen LogP contribution < -0.4 is 10.2 Å². The molecule has 2 amide bonds. The lowest BCUT2D eigenvalue weighted by Gasteiger charge is -2.32. The molecule has 2 aromatic carbocycles. The Kier molecular flexibility index (Phi) is 7.47. The van der Waals surface area contributed by atoms with E-state index in [2.05, 4.69) is 10.2 Å². The zero-order chi connectivity index (χ0) is 24.1. The highest BCUT2D eigenvalue weighted by Gasteiger charge is 2.30. The van der Waals surface area contributed by atoms with Crippen molar-refractivity contribution < 1.29 is 23.9 Å². The topological polar surface area (TPSA) is 88.2 Å². The Labute approximate surface area is 199 Å². The molecule has 8 heteroatoms. The molecule has 2 fully saturated rings. The van der Waals surface area contributed by atoms with Crippen molar-refractivity contribution in [1.82, 2.24) is 4.90 Å². The number of esters is 1. The predicted octanol–water partition coefficient (Wildman–Crippen LogP) is 3.11. The molecule has 0 aliphatic carbocycles.